The maximum atomic E-state index is 11.9. The summed E-state index contributed by atoms with van der Waals surface area (Å²) in [6.45, 7) is 6.31. The van der Waals surface area contributed by atoms with Crippen LogP contribution in [-0.4, -0.2) is 17.7 Å². The van der Waals surface area contributed by atoms with Crippen molar-refractivity contribution in [1.82, 2.24) is 5.16 Å². The van der Waals surface area contributed by atoms with E-state index < -0.39 is 0 Å². The lowest BCUT2D eigenvalue weighted by Gasteiger charge is -2.07. The predicted octanol–water partition coefficient (Wildman–Crippen LogP) is 3.26. The van der Waals surface area contributed by atoms with Gasteiger partial charge in [0.25, 0.3) is 0 Å². The molecule has 2 rings (SSSR count). The van der Waals surface area contributed by atoms with Crippen LogP contribution in [0.3, 0.4) is 0 Å². The lowest BCUT2D eigenvalue weighted by atomic mass is 10.1. The maximum Gasteiger partial charge on any atom is 0.224 e. The van der Waals surface area contributed by atoms with E-state index in [9.17, 15) is 4.79 Å². The zero-order valence-corrected chi connectivity index (χ0v) is 12.6. The standard InChI is InChI=1S/C16H20N2O3/c1-4-20-14-7-5-13(6-8-14)17-16(19)10-9-15-11(2)18-21-12(15)3/h5-8H,4,9-10H2,1-3H3,(H,17,19). The maximum absolute atomic E-state index is 11.9. The molecule has 21 heavy (non-hydrogen) atoms. The van der Waals surface area contributed by atoms with Crippen LogP contribution in [0.2, 0.25) is 0 Å². The van der Waals surface area contributed by atoms with Gasteiger partial charge in [-0.2, -0.15) is 0 Å². The number of nitrogens with zero attached hydrogens (tertiary/aromatic N) is 1. The van der Waals surface area contributed by atoms with Gasteiger partial charge in [-0.3, -0.25) is 4.79 Å². The number of carbonyl (C=O) groups is 1. The summed E-state index contributed by atoms with van der Waals surface area (Å²) >= 11 is 0. The second kappa shape index (κ2) is 6.92. The summed E-state index contributed by atoms with van der Waals surface area (Å²) in [5.74, 6) is 1.55. The van der Waals surface area contributed by atoms with Crippen LogP contribution in [0.1, 0.15) is 30.4 Å². The minimum atomic E-state index is -0.0286. The van der Waals surface area contributed by atoms with Gasteiger partial charge >= 0.3 is 0 Å². The summed E-state index contributed by atoms with van der Waals surface area (Å²) < 4.78 is 10.4. The number of ether oxygens (including phenoxy) is 1. The molecule has 1 heterocycles. The van der Waals surface area contributed by atoms with Gasteiger partial charge in [0.1, 0.15) is 11.5 Å². The van der Waals surface area contributed by atoms with E-state index in [0.29, 0.717) is 19.4 Å². The number of anilines is 1. The van der Waals surface area contributed by atoms with Crippen LogP contribution in [0, 0.1) is 13.8 Å². The Morgan fingerprint density at radius 2 is 2.00 bits per heavy atom. The fourth-order valence-electron chi connectivity index (χ4n) is 2.12. The number of rotatable bonds is 6. The molecule has 0 saturated carbocycles. The molecule has 0 atom stereocenters. The molecule has 0 aliphatic rings. The Morgan fingerprint density at radius 3 is 2.57 bits per heavy atom. The molecule has 1 N–H and O–H groups in total. The van der Waals surface area contributed by atoms with Crippen molar-refractivity contribution in [2.24, 2.45) is 0 Å². The fraction of sp³-hybridized carbons (Fsp3) is 0.375. The van der Waals surface area contributed by atoms with Gasteiger partial charge in [-0.05, 0) is 51.5 Å². The molecule has 112 valence electrons. The summed E-state index contributed by atoms with van der Waals surface area (Å²) in [7, 11) is 0. The molecular formula is C16H20N2O3. The van der Waals surface area contributed by atoms with Gasteiger partial charge < -0.3 is 14.6 Å². The van der Waals surface area contributed by atoms with E-state index in [1.807, 2.05) is 45.0 Å². The van der Waals surface area contributed by atoms with Crippen LogP contribution in [0.5, 0.6) is 5.75 Å². The Morgan fingerprint density at radius 1 is 1.29 bits per heavy atom. The molecule has 0 aliphatic heterocycles. The number of nitrogens with one attached hydrogen (secondary N) is 1. The molecule has 1 amide bonds. The van der Waals surface area contributed by atoms with Gasteiger partial charge in [0, 0.05) is 17.7 Å². The van der Waals surface area contributed by atoms with Crippen molar-refractivity contribution in [2.45, 2.75) is 33.6 Å². The fourth-order valence-corrected chi connectivity index (χ4v) is 2.12. The first-order chi connectivity index (χ1) is 10.1. The Labute approximate surface area is 124 Å². The monoisotopic (exact) mass is 288 g/mol. The highest BCUT2D eigenvalue weighted by Crippen LogP contribution is 2.17. The number of amides is 1. The topological polar surface area (TPSA) is 64.4 Å². The highest BCUT2D eigenvalue weighted by molar-refractivity contribution is 5.90. The number of aromatic nitrogens is 1. The van der Waals surface area contributed by atoms with Gasteiger partial charge in [0.05, 0.1) is 12.3 Å². The van der Waals surface area contributed by atoms with Crippen molar-refractivity contribution < 1.29 is 14.1 Å². The van der Waals surface area contributed by atoms with Gasteiger partial charge in [0.2, 0.25) is 5.91 Å². The number of aryl methyl sites for hydroxylation is 2. The summed E-state index contributed by atoms with van der Waals surface area (Å²) in [5.41, 5.74) is 2.63. The molecule has 0 aliphatic carbocycles. The van der Waals surface area contributed by atoms with Crippen molar-refractivity contribution in [2.75, 3.05) is 11.9 Å². The Bertz CT molecular complexity index is 583. The molecule has 0 spiro atoms. The van der Waals surface area contributed by atoms with E-state index in [2.05, 4.69) is 10.5 Å². The van der Waals surface area contributed by atoms with Crippen molar-refractivity contribution in [3.8, 4) is 5.75 Å². The zero-order valence-electron chi connectivity index (χ0n) is 12.6. The molecular weight excluding hydrogens is 268 g/mol. The number of hydrogen-bond acceptors (Lipinski definition) is 4. The van der Waals surface area contributed by atoms with Gasteiger partial charge in [0.15, 0.2) is 0 Å². The molecule has 5 nitrogen and oxygen atoms in total. The van der Waals surface area contributed by atoms with Crippen LogP contribution < -0.4 is 10.1 Å². The van der Waals surface area contributed by atoms with E-state index >= 15 is 0 Å². The Balaban J connectivity index is 1.87. The van der Waals surface area contributed by atoms with Crippen molar-refractivity contribution >= 4 is 11.6 Å². The van der Waals surface area contributed by atoms with E-state index in [1.165, 1.54) is 0 Å². The summed E-state index contributed by atoms with van der Waals surface area (Å²) in [6, 6.07) is 7.35. The first kappa shape index (κ1) is 15.1. The van der Waals surface area contributed by atoms with Gasteiger partial charge in [-0.15, -0.1) is 0 Å². The second-order valence-electron chi connectivity index (χ2n) is 4.81. The van der Waals surface area contributed by atoms with Gasteiger partial charge in [-0.1, -0.05) is 5.16 Å². The highest BCUT2D eigenvalue weighted by Gasteiger charge is 2.11. The number of carbonyl (C=O) groups excluding carboxylic acids is 1. The predicted molar refractivity (Wildman–Crippen MR) is 80.5 cm³/mol. The lowest BCUT2D eigenvalue weighted by molar-refractivity contribution is -0.116. The van der Waals surface area contributed by atoms with Crippen LogP contribution in [0.15, 0.2) is 28.8 Å². The van der Waals surface area contributed by atoms with E-state index in [-0.39, 0.29) is 5.91 Å². The molecule has 1 aromatic heterocycles. The average Bonchev–Trinajstić information content (AvgIpc) is 2.78. The Hall–Kier alpha value is -2.30. The van der Waals surface area contributed by atoms with Crippen molar-refractivity contribution in [1.29, 1.82) is 0 Å². The second-order valence-corrected chi connectivity index (χ2v) is 4.81. The lowest BCUT2D eigenvalue weighted by Crippen LogP contribution is -2.12. The molecule has 5 heteroatoms. The third-order valence-electron chi connectivity index (χ3n) is 3.23. The molecule has 0 radical (unpaired) electrons. The molecule has 0 bridgehead atoms. The minimum absolute atomic E-state index is 0.0286. The minimum Gasteiger partial charge on any atom is -0.494 e. The quantitative estimate of drug-likeness (QED) is 0.886. The first-order valence-corrected chi connectivity index (χ1v) is 7.04. The third kappa shape index (κ3) is 4.08. The van der Waals surface area contributed by atoms with Crippen LogP contribution >= 0.6 is 0 Å². The molecule has 0 fully saturated rings. The van der Waals surface area contributed by atoms with Crippen molar-refractivity contribution in [3.63, 3.8) is 0 Å². The highest BCUT2D eigenvalue weighted by atomic mass is 16.5. The molecule has 0 unspecified atom stereocenters. The first-order valence-electron chi connectivity index (χ1n) is 7.04. The van der Waals surface area contributed by atoms with E-state index in [1.54, 1.807) is 0 Å². The molecule has 1 aromatic carbocycles. The van der Waals surface area contributed by atoms with Crippen LogP contribution in [0.25, 0.3) is 0 Å². The average molecular weight is 288 g/mol. The largest absolute Gasteiger partial charge is 0.494 e. The summed E-state index contributed by atoms with van der Waals surface area (Å²) in [4.78, 5) is 11.9. The molecule has 2 aromatic rings. The smallest absolute Gasteiger partial charge is 0.224 e. The Kier molecular flexibility index (Phi) is 4.98. The van der Waals surface area contributed by atoms with E-state index in [0.717, 1.165) is 28.5 Å². The van der Waals surface area contributed by atoms with Crippen LogP contribution in [-0.2, 0) is 11.2 Å². The van der Waals surface area contributed by atoms with Crippen LogP contribution in [0.4, 0.5) is 5.69 Å². The van der Waals surface area contributed by atoms with E-state index in [4.69, 9.17) is 9.26 Å². The van der Waals surface area contributed by atoms with Crippen molar-refractivity contribution in [3.05, 3.63) is 41.3 Å². The summed E-state index contributed by atoms with van der Waals surface area (Å²) in [5, 5.41) is 6.75. The third-order valence-corrected chi connectivity index (χ3v) is 3.23. The number of benzene rings is 1. The van der Waals surface area contributed by atoms with Gasteiger partial charge in [-0.25, -0.2) is 0 Å². The summed E-state index contributed by atoms with van der Waals surface area (Å²) in [6.07, 6.45) is 1.03. The SMILES string of the molecule is CCOc1ccc(NC(=O)CCc2c(C)noc2C)cc1. The zero-order chi connectivity index (χ0) is 15.2. The molecule has 0 saturated heterocycles. The normalized spacial score (nSPS) is 10.4. The number of hydrogen-bond donors (Lipinski definition) is 1.